The van der Waals surface area contributed by atoms with E-state index in [2.05, 4.69) is 15.9 Å². The van der Waals surface area contributed by atoms with E-state index in [1.807, 2.05) is 12.1 Å². The highest BCUT2D eigenvalue weighted by atomic mass is 79.9. The zero-order valence-corrected chi connectivity index (χ0v) is 11.4. The minimum Gasteiger partial charge on any atom is -0.485 e. The van der Waals surface area contributed by atoms with Crippen molar-refractivity contribution in [2.24, 2.45) is 5.73 Å². The largest absolute Gasteiger partial charge is 0.485 e. The summed E-state index contributed by atoms with van der Waals surface area (Å²) in [5.74, 6) is -0.106. The van der Waals surface area contributed by atoms with Crippen LogP contribution < -0.4 is 10.5 Å². The molecule has 0 atom stereocenters. The van der Waals surface area contributed by atoms with Crippen molar-refractivity contribution < 1.29 is 9.13 Å². The van der Waals surface area contributed by atoms with Crippen LogP contribution >= 0.6 is 27.3 Å². The van der Waals surface area contributed by atoms with E-state index in [0.717, 1.165) is 9.75 Å². The first-order valence-electron chi connectivity index (χ1n) is 5.04. The molecule has 2 N–H and O–H groups in total. The Kier molecular flexibility index (Phi) is 4.15. The molecule has 0 aliphatic carbocycles. The number of thiophene rings is 1. The Labute approximate surface area is 111 Å². The predicted molar refractivity (Wildman–Crippen MR) is 70.6 cm³/mol. The van der Waals surface area contributed by atoms with Gasteiger partial charge in [-0.2, -0.15) is 0 Å². The second-order valence-electron chi connectivity index (χ2n) is 3.44. The van der Waals surface area contributed by atoms with Gasteiger partial charge in [-0.1, -0.05) is 15.9 Å². The van der Waals surface area contributed by atoms with Crippen molar-refractivity contribution in [1.29, 1.82) is 0 Å². The summed E-state index contributed by atoms with van der Waals surface area (Å²) in [4.78, 5) is 2.13. The second kappa shape index (κ2) is 5.62. The van der Waals surface area contributed by atoms with Crippen LogP contribution in [0.5, 0.6) is 5.75 Å². The van der Waals surface area contributed by atoms with Gasteiger partial charge in [-0.15, -0.1) is 11.3 Å². The summed E-state index contributed by atoms with van der Waals surface area (Å²) in [5, 5.41) is 0. The molecule has 0 unspecified atom stereocenters. The lowest BCUT2D eigenvalue weighted by molar-refractivity contribution is 0.293. The molecular formula is C12H11BrFNOS. The zero-order valence-electron chi connectivity index (χ0n) is 8.95. The monoisotopic (exact) mass is 315 g/mol. The van der Waals surface area contributed by atoms with Crippen LogP contribution in [0.15, 0.2) is 34.8 Å². The average molecular weight is 316 g/mol. The molecule has 1 heterocycles. The topological polar surface area (TPSA) is 35.2 Å². The Morgan fingerprint density at radius 1 is 1.24 bits per heavy atom. The lowest BCUT2D eigenvalue weighted by Gasteiger charge is -2.05. The maximum Gasteiger partial charge on any atom is 0.166 e. The van der Waals surface area contributed by atoms with Crippen LogP contribution in [0.25, 0.3) is 0 Å². The van der Waals surface area contributed by atoms with Gasteiger partial charge in [0.2, 0.25) is 0 Å². The van der Waals surface area contributed by atoms with Gasteiger partial charge in [-0.25, -0.2) is 4.39 Å². The van der Waals surface area contributed by atoms with Crippen molar-refractivity contribution >= 4 is 27.3 Å². The van der Waals surface area contributed by atoms with Gasteiger partial charge in [0.05, 0.1) is 0 Å². The fraction of sp³-hybridized carbons (Fsp3) is 0.167. The Morgan fingerprint density at radius 2 is 2.00 bits per heavy atom. The molecule has 0 radical (unpaired) electrons. The molecule has 90 valence electrons. The maximum absolute atomic E-state index is 13.5. The molecule has 0 spiro atoms. The predicted octanol–water partition coefficient (Wildman–Crippen LogP) is 3.69. The quantitative estimate of drug-likeness (QED) is 0.934. The number of ether oxygens (including phenoxy) is 1. The number of benzene rings is 1. The first-order chi connectivity index (χ1) is 8.19. The Balaban J connectivity index is 2.02. The van der Waals surface area contributed by atoms with Crippen LogP contribution in [-0.2, 0) is 13.2 Å². The highest BCUT2D eigenvalue weighted by Gasteiger charge is 2.05. The van der Waals surface area contributed by atoms with Crippen LogP contribution in [0, 0.1) is 5.82 Å². The van der Waals surface area contributed by atoms with E-state index in [4.69, 9.17) is 10.5 Å². The minimum absolute atomic E-state index is 0.260. The van der Waals surface area contributed by atoms with Gasteiger partial charge in [0, 0.05) is 20.8 Å². The molecule has 2 aromatic rings. The molecule has 0 amide bonds. The van der Waals surface area contributed by atoms with Crippen molar-refractivity contribution in [3.63, 3.8) is 0 Å². The van der Waals surface area contributed by atoms with Crippen LogP contribution in [0.4, 0.5) is 4.39 Å². The summed E-state index contributed by atoms with van der Waals surface area (Å²) in [6.45, 7) is 0.889. The third kappa shape index (κ3) is 3.28. The number of hydrogen-bond donors (Lipinski definition) is 1. The summed E-state index contributed by atoms with van der Waals surface area (Å²) in [6.07, 6.45) is 0. The van der Waals surface area contributed by atoms with Crippen molar-refractivity contribution in [3.8, 4) is 5.75 Å². The molecule has 0 saturated heterocycles. The highest BCUT2D eigenvalue weighted by molar-refractivity contribution is 9.10. The highest BCUT2D eigenvalue weighted by Crippen LogP contribution is 2.23. The van der Waals surface area contributed by atoms with Gasteiger partial charge in [-0.3, -0.25) is 0 Å². The Morgan fingerprint density at radius 3 is 2.65 bits per heavy atom. The van der Waals surface area contributed by atoms with E-state index >= 15 is 0 Å². The van der Waals surface area contributed by atoms with Gasteiger partial charge < -0.3 is 10.5 Å². The lowest BCUT2D eigenvalue weighted by Crippen LogP contribution is -1.95. The molecule has 2 rings (SSSR count). The lowest BCUT2D eigenvalue weighted by atomic mass is 10.3. The van der Waals surface area contributed by atoms with E-state index in [1.54, 1.807) is 23.5 Å². The minimum atomic E-state index is -0.366. The number of halogens is 2. The number of nitrogens with two attached hydrogens (primary N) is 1. The van der Waals surface area contributed by atoms with E-state index in [0.29, 0.717) is 17.6 Å². The van der Waals surface area contributed by atoms with Gasteiger partial charge in [0.15, 0.2) is 11.6 Å². The summed E-state index contributed by atoms with van der Waals surface area (Å²) in [5.41, 5.74) is 5.52. The van der Waals surface area contributed by atoms with Crippen molar-refractivity contribution in [3.05, 3.63) is 50.4 Å². The molecule has 1 aromatic carbocycles. The SMILES string of the molecule is NCc1ccc(COc2ccc(Br)cc2F)s1. The summed E-state index contributed by atoms with van der Waals surface area (Å²) in [7, 11) is 0. The molecular weight excluding hydrogens is 305 g/mol. The molecule has 0 saturated carbocycles. The zero-order chi connectivity index (χ0) is 12.3. The molecule has 1 aromatic heterocycles. The smallest absolute Gasteiger partial charge is 0.166 e. The Hall–Kier alpha value is -0.910. The molecule has 0 bridgehead atoms. The van der Waals surface area contributed by atoms with E-state index in [-0.39, 0.29) is 11.6 Å². The normalized spacial score (nSPS) is 10.5. The summed E-state index contributed by atoms with van der Waals surface area (Å²) >= 11 is 4.78. The number of hydrogen-bond acceptors (Lipinski definition) is 3. The molecule has 2 nitrogen and oxygen atoms in total. The third-order valence-electron chi connectivity index (χ3n) is 2.18. The fourth-order valence-electron chi connectivity index (χ4n) is 1.35. The first-order valence-corrected chi connectivity index (χ1v) is 6.65. The standard InChI is InChI=1S/C12H11BrFNOS/c13-8-1-4-12(11(14)5-8)16-7-10-3-2-9(6-15)17-10/h1-5H,6-7,15H2. The molecule has 0 fully saturated rings. The van der Waals surface area contributed by atoms with Crippen LogP contribution in [0.2, 0.25) is 0 Å². The van der Waals surface area contributed by atoms with Crippen LogP contribution in [0.3, 0.4) is 0 Å². The van der Waals surface area contributed by atoms with Gasteiger partial charge in [0.1, 0.15) is 6.61 Å². The van der Waals surface area contributed by atoms with Crippen molar-refractivity contribution in [2.45, 2.75) is 13.2 Å². The second-order valence-corrected chi connectivity index (χ2v) is 5.60. The summed E-state index contributed by atoms with van der Waals surface area (Å²) in [6, 6.07) is 8.65. The molecule has 0 aliphatic rings. The van der Waals surface area contributed by atoms with E-state index in [1.165, 1.54) is 6.07 Å². The van der Waals surface area contributed by atoms with E-state index < -0.39 is 0 Å². The third-order valence-corrected chi connectivity index (χ3v) is 3.76. The maximum atomic E-state index is 13.5. The number of rotatable bonds is 4. The first kappa shape index (κ1) is 12.5. The van der Waals surface area contributed by atoms with E-state index in [9.17, 15) is 4.39 Å². The fourth-order valence-corrected chi connectivity index (χ4v) is 2.49. The average Bonchev–Trinajstić information content (AvgIpc) is 2.76. The molecule has 17 heavy (non-hydrogen) atoms. The van der Waals surface area contributed by atoms with Crippen LogP contribution in [-0.4, -0.2) is 0 Å². The van der Waals surface area contributed by atoms with Crippen molar-refractivity contribution in [1.82, 2.24) is 0 Å². The molecule has 5 heteroatoms. The Bertz CT molecular complexity index is 515. The van der Waals surface area contributed by atoms with Gasteiger partial charge in [-0.05, 0) is 30.3 Å². The molecule has 0 aliphatic heterocycles. The van der Waals surface area contributed by atoms with Gasteiger partial charge in [0.25, 0.3) is 0 Å². The van der Waals surface area contributed by atoms with Gasteiger partial charge >= 0.3 is 0 Å². The summed E-state index contributed by atoms with van der Waals surface area (Å²) < 4.78 is 19.6. The van der Waals surface area contributed by atoms with Crippen molar-refractivity contribution in [2.75, 3.05) is 0 Å². The van der Waals surface area contributed by atoms with Crippen LogP contribution in [0.1, 0.15) is 9.75 Å².